The van der Waals surface area contributed by atoms with Gasteiger partial charge in [0.1, 0.15) is 10.8 Å². The van der Waals surface area contributed by atoms with Crippen molar-refractivity contribution in [3.63, 3.8) is 0 Å². The zero-order valence-electron chi connectivity index (χ0n) is 9.91. The van der Waals surface area contributed by atoms with Gasteiger partial charge in [-0.2, -0.15) is 0 Å². The molecule has 0 saturated carbocycles. The minimum absolute atomic E-state index is 0.288. The maximum absolute atomic E-state index is 13.1. The molecule has 2 aromatic rings. The Kier molecular flexibility index (Phi) is 3.58. The molecule has 2 aromatic carbocycles. The second kappa shape index (κ2) is 5.14. The molecule has 0 aliphatic rings. The molecule has 4 heteroatoms. The van der Waals surface area contributed by atoms with Crippen LogP contribution in [-0.2, 0) is 0 Å². The van der Waals surface area contributed by atoms with Crippen molar-refractivity contribution in [1.82, 2.24) is 0 Å². The van der Waals surface area contributed by atoms with Crippen LogP contribution in [0, 0.1) is 12.7 Å². The molecule has 0 bridgehead atoms. The van der Waals surface area contributed by atoms with E-state index in [4.69, 9.17) is 18.0 Å². The molecule has 92 valence electrons. The van der Waals surface area contributed by atoms with Gasteiger partial charge in [0.15, 0.2) is 0 Å². The van der Waals surface area contributed by atoms with Crippen molar-refractivity contribution in [3.8, 4) is 0 Å². The average molecular weight is 260 g/mol. The first kappa shape index (κ1) is 12.5. The van der Waals surface area contributed by atoms with Gasteiger partial charge in [-0.25, -0.2) is 4.39 Å². The van der Waals surface area contributed by atoms with Crippen molar-refractivity contribution in [2.24, 2.45) is 5.73 Å². The fourth-order valence-electron chi connectivity index (χ4n) is 1.69. The summed E-state index contributed by atoms with van der Waals surface area (Å²) in [7, 11) is 0. The monoisotopic (exact) mass is 260 g/mol. The number of hydrogen-bond acceptors (Lipinski definition) is 2. The van der Waals surface area contributed by atoms with Gasteiger partial charge in [0.05, 0.1) is 0 Å². The lowest BCUT2D eigenvalue weighted by atomic mass is 10.1. The molecule has 0 atom stereocenters. The lowest BCUT2D eigenvalue weighted by Crippen LogP contribution is -2.12. The minimum atomic E-state index is -0.288. The molecule has 0 amide bonds. The number of hydrogen-bond donors (Lipinski definition) is 2. The Bertz CT molecular complexity index is 596. The highest BCUT2D eigenvalue weighted by Gasteiger charge is 2.06. The van der Waals surface area contributed by atoms with Crippen LogP contribution in [0.4, 0.5) is 15.8 Å². The molecule has 2 rings (SSSR count). The van der Waals surface area contributed by atoms with E-state index in [1.165, 1.54) is 12.1 Å². The van der Waals surface area contributed by atoms with E-state index in [-0.39, 0.29) is 5.82 Å². The van der Waals surface area contributed by atoms with Gasteiger partial charge < -0.3 is 11.1 Å². The highest BCUT2D eigenvalue weighted by Crippen LogP contribution is 2.22. The summed E-state index contributed by atoms with van der Waals surface area (Å²) in [6.45, 7) is 1.97. The molecule has 0 unspecified atom stereocenters. The Morgan fingerprint density at radius 1 is 1.22 bits per heavy atom. The predicted molar refractivity (Wildman–Crippen MR) is 76.7 cm³/mol. The Hall–Kier alpha value is -1.94. The molecular weight excluding hydrogens is 247 g/mol. The third-order valence-electron chi connectivity index (χ3n) is 2.54. The molecule has 18 heavy (non-hydrogen) atoms. The van der Waals surface area contributed by atoms with Crippen molar-refractivity contribution in [2.75, 3.05) is 5.32 Å². The molecule has 0 radical (unpaired) electrons. The topological polar surface area (TPSA) is 38.0 Å². The molecule has 0 aromatic heterocycles. The van der Waals surface area contributed by atoms with Gasteiger partial charge >= 0.3 is 0 Å². The van der Waals surface area contributed by atoms with Gasteiger partial charge in [-0.05, 0) is 37.3 Å². The van der Waals surface area contributed by atoms with Crippen molar-refractivity contribution in [3.05, 3.63) is 59.4 Å². The summed E-state index contributed by atoms with van der Waals surface area (Å²) < 4.78 is 13.1. The van der Waals surface area contributed by atoms with E-state index in [9.17, 15) is 4.39 Å². The average Bonchev–Trinajstić information content (AvgIpc) is 2.31. The first-order valence-corrected chi connectivity index (χ1v) is 5.90. The standard InChI is InChI=1S/C14H13FN2S/c1-9-5-6-13(12(7-9)14(16)18)17-11-4-2-3-10(15)8-11/h2-8,17H,1H3,(H2,16,18). The van der Waals surface area contributed by atoms with E-state index in [0.717, 1.165) is 16.8 Å². The number of rotatable bonds is 3. The number of thiocarbonyl (C=S) groups is 1. The molecule has 0 spiro atoms. The van der Waals surface area contributed by atoms with Crippen LogP contribution in [0.15, 0.2) is 42.5 Å². The summed E-state index contributed by atoms with van der Waals surface area (Å²) in [5.74, 6) is -0.288. The Balaban J connectivity index is 2.37. The van der Waals surface area contributed by atoms with Crippen molar-refractivity contribution < 1.29 is 4.39 Å². The molecule has 2 nitrogen and oxygen atoms in total. The zero-order valence-corrected chi connectivity index (χ0v) is 10.7. The second-order valence-corrected chi connectivity index (χ2v) is 4.49. The van der Waals surface area contributed by atoms with E-state index in [1.54, 1.807) is 12.1 Å². The normalized spacial score (nSPS) is 10.1. The van der Waals surface area contributed by atoms with Crippen LogP contribution >= 0.6 is 12.2 Å². The van der Waals surface area contributed by atoms with Gasteiger partial charge in [-0.1, -0.05) is 29.9 Å². The maximum Gasteiger partial charge on any atom is 0.125 e. The minimum Gasteiger partial charge on any atom is -0.389 e. The maximum atomic E-state index is 13.1. The van der Waals surface area contributed by atoms with E-state index < -0.39 is 0 Å². The molecule has 3 N–H and O–H groups in total. The van der Waals surface area contributed by atoms with Crippen LogP contribution in [0.3, 0.4) is 0 Å². The van der Waals surface area contributed by atoms with Gasteiger partial charge in [-0.3, -0.25) is 0 Å². The third-order valence-corrected chi connectivity index (χ3v) is 2.76. The summed E-state index contributed by atoms with van der Waals surface area (Å²) in [5, 5.41) is 3.11. The van der Waals surface area contributed by atoms with Crippen molar-refractivity contribution in [2.45, 2.75) is 6.92 Å². The zero-order chi connectivity index (χ0) is 13.1. The number of benzene rings is 2. The summed E-state index contributed by atoms with van der Waals surface area (Å²) >= 11 is 5.01. The summed E-state index contributed by atoms with van der Waals surface area (Å²) in [6, 6.07) is 12.0. The molecule has 0 heterocycles. The predicted octanol–water partition coefficient (Wildman–Crippen LogP) is 3.51. The van der Waals surface area contributed by atoms with Crippen LogP contribution in [0.2, 0.25) is 0 Å². The summed E-state index contributed by atoms with van der Waals surface area (Å²) in [6.07, 6.45) is 0. The molecule has 0 aliphatic carbocycles. The number of anilines is 2. The van der Waals surface area contributed by atoms with E-state index in [0.29, 0.717) is 10.7 Å². The van der Waals surface area contributed by atoms with Crippen molar-refractivity contribution >= 4 is 28.6 Å². The molecule has 0 aliphatic heterocycles. The quantitative estimate of drug-likeness (QED) is 0.829. The molecule has 0 fully saturated rings. The first-order valence-electron chi connectivity index (χ1n) is 5.49. The molecule has 0 saturated heterocycles. The fraction of sp³-hybridized carbons (Fsp3) is 0.0714. The highest BCUT2D eigenvalue weighted by atomic mass is 32.1. The second-order valence-electron chi connectivity index (χ2n) is 4.05. The lowest BCUT2D eigenvalue weighted by molar-refractivity contribution is 0.628. The van der Waals surface area contributed by atoms with Gasteiger partial charge in [0.25, 0.3) is 0 Å². The SMILES string of the molecule is Cc1ccc(Nc2cccc(F)c2)c(C(N)=S)c1. The van der Waals surface area contributed by atoms with E-state index in [1.807, 2.05) is 25.1 Å². The number of nitrogens with two attached hydrogens (primary N) is 1. The van der Waals surface area contributed by atoms with E-state index in [2.05, 4.69) is 5.32 Å². The lowest BCUT2D eigenvalue weighted by Gasteiger charge is -2.12. The number of aryl methyl sites for hydroxylation is 1. The largest absolute Gasteiger partial charge is 0.389 e. The first-order chi connectivity index (χ1) is 8.56. The van der Waals surface area contributed by atoms with Gasteiger partial charge in [0, 0.05) is 16.9 Å². The third kappa shape index (κ3) is 2.84. The fourth-order valence-corrected chi connectivity index (χ4v) is 1.86. The van der Waals surface area contributed by atoms with Crippen LogP contribution in [0.25, 0.3) is 0 Å². The Labute approximate surface area is 111 Å². The van der Waals surface area contributed by atoms with Gasteiger partial charge in [0.2, 0.25) is 0 Å². The highest BCUT2D eigenvalue weighted by molar-refractivity contribution is 7.80. The Morgan fingerprint density at radius 3 is 2.67 bits per heavy atom. The molecular formula is C14H13FN2S. The summed E-state index contributed by atoms with van der Waals surface area (Å²) in [5.41, 5.74) is 8.95. The van der Waals surface area contributed by atoms with Crippen LogP contribution < -0.4 is 11.1 Å². The van der Waals surface area contributed by atoms with Crippen LogP contribution in [0.5, 0.6) is 0 Å². The number of halogens is 1. The Morgan fingerprint density at radius 2 is 2.00 bits per heavy atom. The number of nitrogens with one attached hydrogen (secondary N) is 1. The van der Waals surface area contributed by atoms with Gasteiger partial charge in [-0.15, -0.1) is 0 Å². The summed E-state index contributed by atoms with van der Waals surface area (Å²) in [4.78, 5) is 0.317. The van der Waals surface area contributed by atoms with E-state index >= 15 is 0 Å². The van der Waals surface area contributed by atoms with Crippen LogP contribution in [-0.4, -0.2) is 4.99 Å². The smallest absolute Gasteiger partial charge is 0.125 e. The van der Waals surface area contributed by atoms with Crippen LogP contribution in [0.1, 0.15) is 11.1 Å². The van der Waals surface area contributed by atoms with Crippen molar-refractivity contribution in [1.29, 1.82) is 0 Å².